The van der Waals surface area contributed by atoms with Gasteiger partial charge < -0.3 is 10.2 Å². The van der Waals surface area contributed by atoms with Gasteiger partial charge in [-0.05, 0) is 49.1 Å². The summed E-state index contributed by atoms with van der Waals surface area (Å²) in [6.07, 6.45) is 1.32. The maximum Gasteiger partial charge on any atom is 0.243 e. The minimum absolute atomic E-state index is 0.0373. The first kappa shape index (κ1) is 26.8. The molecule has 0 aliphatic rings. The van der Waals surface area contributed by atoms with E-state index in [1.54, 1.807) is 23.1 Å². The largest absolute Gasteiger partial charge is 0.352 e. The average Bonchev–Trinajstić information content (AvgIpc) is 2.76. The standard InChI is InChI=1S/C24H29Cl3N2O2S/c1-4-16(3)28-24(31)22(5-2)29(13-17-8-6-7-9-20(17)26)23(30)15-32-14-18-10-11-19(25)12-21(18)27/h6-12,16,22H,4-5,13-15H2,1-3H3,(H,28,31)/t16-,22+/m0/s1. The second-order valence-corrected chi connectivity index (χ2v) is 9.82. The maximum absolute atomic E-state index is 13.3. The van der Waals surface area contributed by atoms with Crippen LogP contribution in [0.3, 0.4) is 0 Å². The average molecular weight is 516 g/mol. The molecule has 0 radical (unpaired) electrons. The number of benzene rings is 2. The van der Waals surface area contributed by atoms with Gasteiger partial charge in [0.05, 0.1) is 5.75 Å². The van der Waals surface area contributed by atoms with Crippen molar-refractivity contribution < 1.29 is 9.59 Å². The summed E-state index contributed by atoms with van der Waals surface area (Å²) in [6, 6.07) is 12.2. The van der Waals surface area contributed by atoms with Crippen molar-refractivity contribution in [2.24, 2.45) is 0 Å². The lowest BCUT2D eigenvalue weighted by Gasteiger charge is -2.31. The fourth-order valence-corrected chi connectivity index (χ4v) is 4.80. The third-order valence-corrected chi connectivity index (χ3v) is 7.11. The minimum atomic E-state index is -0.576. The molecule has 0 unspecified atom stereocenters. The molecule has 0 aliphatic heterocycles. The van der Waals surface area contributed by atoms with E-state index in [0.717, 1.165) is 17.5 Å². The zero-order valence-electron chi connectivity index (χ0n) is 18.5. The number of carbonyl (C=O) groups is 2. The van der Waals surface area contributed by atoms with Crippen LogP contribution in [0.1, 0.15) is 44.7 Å². The number of thioether (sulfide) groups is 1. The molecule has 2 aromatic rings. The summed E-state index contributed by atoms with van der Waals surface area (Å²) in [7, 11) is 0. The van der Waals surface area contributed by atoms with E-state index in [0.29, 0.717) is 27.2 Å². The lowest BCUT2D eigenvalue weighted by atomic mass is 10.1. The molecule has 4 nitrogen and oxygen atoms in total. The Hall–Kier alpha value is -1.40. The number of hydrogen-bond acceptors (Lipinski definition) is 3. The predicted molar refractivity (Wildman–Crippen MR) is 137 cm³/mol. The van der Waals surface area contributed by atoms with Crippen LogP contribution < -0.4 is 5.32 Å². The first-order valence-corrected chi connectivity index (χ1v) is 12.9. The van der Waals surface area contributed by atoms with E-state index in [-0.39, 0.29) is 30.2 Å². The highest BCUT2D eigenvalue weighted by Crippen LogP contribution is 2.26. The van der Waals surface area contributed by atoms with Gasteiger partial charge in [0.1, 0.15) is 6.04 Å². The Morgan fingerprint density at radius 2 is 1.72 bits per heavy atom. The first-order valence-electron chi connectivity index (χ1n) is 10.6. The van der Waals surface area contributed by atoms with Gasteiger partial charge in [-0.15, -0.1) is 11.8 Å². The quantitative estimate of drug-likeness (QED) is 0.367. The van der Waals surface area contributed by atoms with E-state index in [1.807, 2.05) is 45.0 Å². The fraction of sp³-hybridized carbons (Fsp3) is 0.417. The molecule has 1 N–H and O–H groups in total. The molecule has 2 atom stereocenters. The van der Waals surface area contributed by atoms with Gasteiger partial charge in [0.25, 0.3) is 0 Å². The normalized spacial score (nSPS) is 12.8. The van der Waals surface area contributed by atoms with Crippen molar-refractivity contribution in [3.8, 4) is 0 Å². The van der Waals surface area contributed by atoms with Crippen molar-refractivity contribution in [2.45, 2.75) is 58.0 Å². The van der Waals surface area contributed by atoms with Gasteiger partial charge in [-0.25, -0.2) is 0 Å². The third-order valence-electron chi connectivity index (χ3n) is 5.18. The molecule has 0 aliphatic carbocycles. The van der Waals surface area contributed by atoms with Crippen LogP contribution in [0.2, 0.25) is 15.1 Å². The van der Waals surface area contributed by atoms with Crippen LogP contribution in [0.25, 0.3) is 0 Å². The Kier molecular flexibility index (Phi) is 11.2. The number of rotatable bonds is 11. The first-order chi connectivity index (χ1) is 15.3. The summed E-state index contributed by atoms with van der Waals surface area (Å²) in [5.74, 6) is 0.521. The zero-order valence-corrected chi connectivity index (χ0v) is 21.6. The van der Waals surface area contributed by atoms with Gasteiger partial charge in [0.2, 0.25) is 11.8 Å². The monoisotopic (exact) mass is 514 g/mol. The fourth-order valence-electron chi connectivity index (χ4n) is 3.14. The molecule has 2 rings (SSSR count). The summed E-state index contributed by atoms with van der Waals surface area (Å²) < 4.78 is 0. The highest BCUT2D eigenvalue weighted by molar-refractivity contribution is 7.99. The van der Waals surface area contributed by atoms with Crippen LogP contribution in [0, 0.1) is 0 Å². The van der Waals surface area contributed by atoms with Crippen molar-refractivity contribution in [2.75, 3.05) is 5.75 Å². The smallest absolute Gasteiger partial charge is 0.243 e. The second kappa shape index (κ2) is 13.3. The van der Waals surface area contributed by atoms with Crippen LogP contribution >= 0.6 is 46.6 Å². The number of halogens is 3. The summed E-state index contributed by atoms with van der Waals surface area (Å²) in [4.78, 5) is 27.9. The Morgan fingerprint density at radius 3 is 2.34 bits per heavy atom. The topological polar surface area (TPSA) is 49.4 Å². The molecule has 0 spiro atoms. The Bertz CT molecular complexity index is 926. The molecular formula is C24H29Cl3N2O2S. The molecule has 0 aromatic heterocycles. The molecule has 2 aromatic carbocycles. The Morgan fingerprint density at radius 1 is 1.00 bits per heavy atom. The van der Waals surface area contributed by atoms with Gasteiger partial charge in [-0.1, -0.05) is 72.9 Å². The van der Waals surface area contributed by atoms with E-state index < -0.39 is 6.04 Å². The van der Waals surface area contributed by atoms with Crippen molar-refractivity contribution in [1.82, 2.24) is 10.2 Å². The lowest BCUT2D eigenvalue weighted by Crippen LogP contribution is -2.51. The second-order valence-electron chi connectivity index (χ2n) is 7.58. The highest BCUT2D eigenvalue weighted by Gasteiger charge is 2.29. The summed E-state index contributed by atoms with van der Waals surface area (Å²) in [6.45, 7) is 6.15. The third kappa shape index (κ3) is 7.87. The molecule has 174 valence electrons. The number of nitrogens with zero attached hydrogens (tertiary/aromatic N) is 1. The van der Waals surface area contributed by atoms with E-state index in [9.17, 15) is 9.59 Å². The molecule has 2 amide bonds. The van der Waals surface area contributed by atoms with Crippen LogP contribution in [0.15, 0.2) is 42.5 Å². The number of carbonyl (C=O) groups excluding carboxylic acids is 2. The van der Waals surface area contributed by atoms with E-state index in [2.05, 4.69) is 5.32 Å². The molecule has 0 bridgehead atoms. The van der Waals surface area contributed by atoms with Gasteiger partial charge in [0, 0.05) is 33.4 Å². The van der Waals surface area contributed by atoms with Gasteiger partial charge in [0.15, 0.2) is 0 Å². The summed E-state index contributed by atoms with van der Waals surface area (Å²) in [5, 5.41) is 4.73. The number of hydrogen-bond donors (Lipinski definition) is 1. The van der Waals surface area contributed by atoms with Crippen molar-refractivity contribution >= 4 is 58.4 Å². The maximum atomic E-state index is 13.3. The molecule has 0 saturated carbocycles. The molecule has 32 heavy (non-hydrogen) atoms. The van der Waals surface area contributed by atoms with Crippen molar-refractivity contribution in [3.05, 3.63) is 68.7 Å². The SMILES string of the molecule is CC[C@H](C(=O)N[C@@H](C)CC)N(Cc1ccccc1Cl)C(=O)CSCc1ccc(Cl)cc1Cl. The minimum Gasteiger partial charge on any atom is -0.352 e. The summed E-state index contributed by atoms with van der Waals surface area (Å²) >= 11 is 20.0. The molecule has 8 heteroatoms. The highest BCUT2D eigenvalue weighted by atomic mass is 35.5. The number of nitrogens with one attached hydrogen (secondary N) is 1. The summed E-state index contributed by atoms with van der Waals surface area (Å²) in [5.41, 5.74) is 1.72. The van der Waals surface area contributed by atoms with E-state index >= 15 is 0 Å². The number of amides is 2. The predicted octanol–water partition coefficient (Wildman–Crippen LogP) is 6.60. The molecule has 0 heterocycles. The van der Waals surface area contributed by atoms with Gasteiger partial charge in [-0.2, -0.15) is 0 Å². The van der Waals surface area contributed by atoms with Crippen LogP contribution in [-0.4, -0.2) is 34.6 Å². The molecule has 0 fully saturated rings. The van der Waals surface area contributed by atoms with E-state index in [1.165, 1.54) is 11.8 Å². The van der Waals surface area contributed by atoms with Gasteiger partial charge in [-0.3, -0.25) is 9.59 Å². The Labute approximate surface area is 210 Å². The van der Waals surface area contributed by atoms with Crippen molar-refractivity contribution in [3.63, 3.8) is 0 Å². The molecular weight excluding hydrogens is 487 g/mol. The van der Waals surface area contributed by atoms with Crippen LogP contribution in [-0.2, 0) is 21.9 Å². The van der Waals surface area contributed by atoms with Gasteiger partial charge >= 0.3 is 0 Å². The van der Waals surface area contributed by atoms with Crippen molar-refractivity contribution in [1.29, 1.82) is 0 Å². The zero-order chi connectivity index (χ0) is 23.7. The van der Waals surface area contributed by atoms with Crippen LogP contribution in [0.4, 0.5) is 0 Å². The van der Waals surface area contributed by atoms with E-state index in [4.69, 9.17) is 34.8 Å². The Balaban J connectivity index is 2.17. The lowest BCUT2D eigenvalue weighted by molar-refractivity contribution is -0.139. The molecule has 0 saturated heterocycles. The van der Waals surface area contributed by atoms with Crippen LogP contribution in [0.5, 0.6) is 0 Å².